The summed E-state index contributed by atoms with van der Waals surface area (Å²) in [6, 6.07) is 3.39. The molecule has 8 rings (SSSR count). The third-order valence-corrected chi connectivity index (χ3v) is 12.8. The number of nitrogens with one attached hydrogen (secondary N) is 2. The molecular weight excluding hydrogens is 709 g/mol. The zero-order valence-electron chi connectivity index (χ0n) is 31.3. The average Bonchev–Trinajstić information content (AvgIpc) is 3.85. The van der Waals surface area contributed by atoms with Crippen molar-refractivity contribution in [3.63, 3.8) is 0 Å². The maximum absolute atomic E-state index is 15.4. The van der Waals surface area contributed by atoms with Crippen LogP contribution < -0.4 is 10.6 Å². The van der Waals surface area contributed by atoms with Crippen LogP contribution in [0.15, 0.2) is 24.5 Å². The number of hydrogen-bond acceptors (Lipinski definition) is 9. The van der Waals surface area contributed by atoms with E-state index in [-0.39, 0.29) is 36.5 Å². The molecule has 2 saturated heterocycles. The van der Waals surface area contributed by atoms with E-state index in [4.69, 9.17) is 16.6 Å². The first kappa shape index (κ1) is 37.0. The molecule has 3 aromatic rings. The zero-order valence-corrected chi connectivity index (χ0v) is 32.1. The van der Waals surface area contributed by atoms with Gasteiger partial charge in [-0.25, -0.2) is 14.4 Å². The van der Waals surface area contributed by atoms with Crippen LogP contribution in [0, 0.1) is 11.7 Å². The van der Waals surface area contributed by atoms with E-state index in [9.17, 15) is 14.4 Å². The van der Waals surface area contributed by atoms with Crippen molar-refractivity contribution in [1.82, 2.24) is 39.8 Å². The second kappa shape index (κ2) is 15.7. The van der Waals surface area contributed by atoms with Gasteiger partial charge in [0.15, 0.2) is 0 Å². The summed E-state index contributed by atoms with van der Waals surface area (Å²) in [4.78, 5) is 53.0. The van der Waals surface area contributed by atoms with Gasteiger partial charge in [0.05, 0.1) is 23.1 Å². The van der Waals surface area contributed by atoms with Crippen LogP contribution in [0.5, 0.6) is 0 Å². The number of benzene rings is 1. The van der Waals surface area contributed by atoms with Gasteiger partial charge in [0.2, 0.25) is 17.8 Å². The van der Waals surface area contributed by atoms with Crippen LogP contribution in [0.2, 0.25) is 5.02 Å². The first-order chi connectivity index (χ1) is 26.1. The molecule has 288 valence electrons. The summed E-state index contributed by atoms with van der Waals surface area (Å²) in [6.07, 6.45) is 14.8. The summed E-state index contributed by atoms with van der Waals surface area (Å²) in [5.74, 6) is 0.00560. The van der Waals surface area contributed by atoms with Crippen molar-refractivity contribution in [3.05, 3.63) is 57.8 Å². The number of rotatable bonds is 12. The first-order valence-electron chi connectivity index (χ1n) is 19.8. The summed E-state index contributed by atoms with van der Waals surface area (Å²) in [5, 5.41) is 11.0. The minimum absolute atomic E-state index is 0.0998. The SMILES string of the molecule is CN(CCCN1CCC(c2cc3c(cc2F)C(=O)N(C2CCC(=O)NC2=O)C3)CC1)C1CCC(Nc2ncc(Cl)c(-c3cnn(C)c3CC3CC3)n2)CC1. The number of aromatic nitrogens is 4. The van der Waals surface area contributed by atoms with Gasteiger partial charge in [0, 0.05) is 48.9 Å². The molecule has 4 fully saturated rings. The Hall–Kier alpha value is -3.94. The van der Waals surface area contributed by atoms with Gasteiger partial charge in [-0.2, -0.15) is 5.10 Å². The van der Waals surface area contributed by atoms with Crippen LogP contribution in [0.4, 0.5) is 10.3 Å². The number of fused-ring (bicyclic) bond motifs is 1. The van der Waals surface area contributed by atoms with Gasteiger partial charge in [-0.1, -0.05) is 17.7 Å². The smallest absolute Gasteiger partial charge is 0.255 e. The van der Waals surface area contributed by atoms with Gasteiger partial charge in [-0.3, -0.25) is 24.4 Å². The van der Waals surface area contributed by atoms with Gasteiger partial charge in [-0.05, 0) is 133 Å². The Bertz CT molecular complexity index is 1900. The Balaban J connectivity index is 0.769. The molecule has 5 aliphatic rings. The van der Waals surface area contributed by atoms with E-state index in [2.05, 4.69) is 37.6 Å². The zero-order chi connectivity index (χ0) is 37.5. The number of amides is 3. The Morgan fingerprint density at radius 2 is 1.78 bits per heavy atom. The van der Waals surface area contributed by atoms with E-state index in [1.165, 1.54) is 29.5 Å². The number of piperidine rings is 2. The van der Waals surface area contributed by atoms with Crippen molar-refractivity contribution in [2.45, 2.75) is 108 Å². The largest absolute Gasteiger partial charge is 0.351 e. The lowest BCUT2D eigenvalue weighted by Gasteiger charge is -2.36. The lowest BCUT2D eigenvalue weighted by atomic mass is 9.87. The lowest BCUT2D eigenvalue weighted by Crippen LogP contribution is -2.52. The number of carbonyl (C=O) groups is 3. The van der Waals surface area contributed by atoms with Crippen molar-refractivity contribution >= 4 is 35.3 Å². The summed E-state index contributed by atoms with van der Waals surface area (Å²) < 4.78 is 17.4. The number of halogens is 2. The Morgan fingerprint density at radius 1 is 1.00 bits per heavy atom. The predicted octanol–water partition coefficient (Wildman–Crippen LogP) is 5.31. The minimum atomic E-state index is -0.698. The van der Waals surface area contributed by atoms with Crippen LogP contribution in [-0.4, -0.2) is 104 Å². The highest BCUT2D eigenvalue weighted by molar-refractivity contribution is 6.33. The molecule has 3 aliphatic heterocycles. The van der Waals surface area contributed by atoms with Crippen LogP contribution in [0.1, 0.15) is 104 Å². The number of carbonyl (C=O) groups excluding carboxylic acids is 3. The van der Waals surface area contributed by atoms with Gasteiger partial charge in [0.1, 0.15) is 11.9 Å². The molecular formula is C40H51ClFN9O3. The van der Waals surface area contributed by atoms with Crippen molar-refractivity contribution in [2.24, 2.45) is 13.0 Å². The average molecular weight is 760 g/mol. The summed E-state index contributed by atoms with van der Waals surface area (Å²) >= 11 is 6.60. The second-order valence-corrected chi connectivity index (χ2v) is 16.6. The number of anilines is 1. The third kappa shape index (κ3) is 7.90. The van der Waals surface area contributed by atoms with Crippen molar-refractivity contribution in [3.8, 4) is 11.3 Å². The Kier molecular flexibility index (Phi) is 10.7. The predicted molar refractivity (Wildman–Crippen MR) is 203 cm³/mol. The molecule has 2 aromatic heterocycles. The fraction of sp³-hybridized carbons (Fsp3) is 0.600. The fourth-order valence-corrected chi connectivity index (χ4v) is 9.28. The first-order valence-corrected chi connectivity index (χ1v) is 20.2. The van der Waals surface area contributed by atoms with Gasteiger partial charge in [-0.15, -0.1) is 0 Å². The molecule has 2 N–H and O–H groups in total. The van der Waals surface area contributed by atoms with E-state index in [1.807, 2.05) is 24.0 Å². The molecule has 2 aliphatic carbocycles. The van der Waals surface area contributed by atoms with Crippen LogP contribution in [0.25, 0.3) is 11.3 Å². The molecule has 2 saturated carbocycles. The topological polar surface area (TPSA) is 129 Å². The van der Waals surface area contributed by atoms with E-state index in [1.54, 1.807) is 6.20 Å². The number of imide groups is 1. The van der Waals surface area contributed by atoms with E-state index in [0.29, 0.717) is 40.6 Å². The molecule has 0 bridgehead atoms. The summed E-state index contributed by atoms with van der Waals surface area (Å²) in [5.41, 5.74) is 4.71. The standard InChI is InChI=1S/C40H51ClFN9O3/c1-48(28-8-6-27(7-9-28)45-40-43-22-32(41)37(47-40)31-21-44-49(2)35(31)18-24-4-5-24)14-3-15-50-16-12-25(13-17-50)29-19-26-23-51(39(54)30(26)20-33(29)42)34-10-11-36(52)46-38(34)53/h19-22,24-25,27-28,34H,3-18,23H2,1-2H3,(H,43,45,47)(H,46,52,53). The number of hydrogen-bond donors (Lipinski definition) is 2. The molecule has 0 radical (unpaired) electrons. The molecule has 14 heteroatoms. The summed E-state index contributed by atoms with van der Waals surface area (Å²) in [7, 11) is 4.23. The highest BCUT2D eigenvalue weighted by atomic mass is 35.5. The Morgan fingerprint density at radius 3 is 2.52 bits per heavy atom. The van der Waals surface area contributed by atoms with E-state index >= 15 is 4.39 Å². The molecule has 5 heterocycles. The van der Waals surface area contributed by atoms with Crippen LogP contribution in [0.3, 0.4) is 0 Å². The minimum Gasteiger partial charge on any atom is -0.351 e. The Labute approximate surface area is 321 Å². The van der Waals surface area contributed by atoms with Crippen molar-refractivity contribution in [1.29, 1.82) is 0 Å². The van der Waals surface area contributed by atoms with Crippen LogP contribution in [-0.2, 0) is 29.6 Å². The van der Waals surface area contributed by atoms with Gasteiger partial charge in [0.25, 0.3) is 5.91 Å². The van der Waals surface area contributed by atoms with Crippen molar-refractivity contribution < 1.29 is 18.8 Å². The number of nitrogens with zero attached hydrogens (tertiary/aromatic N) is 7. The number of likely N-dealkylation sites (tertiary alicyclic amines) is 1. The summed E-state index contributed by atoms with van der Waals surface area (Å²) in [6.45, 7) is 4.16. The second-order valence-electron chi connectivity index (χ2n) is 16.2. The molecule has 54 heavy (non-hydrogen) atoms. The maximum Gasteiger partial charge on any atom is 0.255 e. The molecule has 1 atom stereocenters. The normalized spacial score (nSPS) is 24.0. The quantitative estimate of drug-likeness (QED) is 0.236. The van der Waals surface area contributed by atoms with E-state index < -0.39 is 11.9 Å². The molecule has 3 amide bonds. The van der Waals surface area contributed by atoms with Gasteiger partial charge >= 0.3 is 0 Å². The number of aryl methyl sites for hydroxylation is 1. The van der Waals surface area contributed by atoms with Crippen LogP contribution >= 0.6 is 11.6 Å². The fourth-order valence-electron chi connectivity index (χ4n) is 9.08. The monoisotopic (exact) mass is 759 g/mol. The highest BCUT2D eigenvalue weighted by Crippen LogP contribution is 2.38. The van der Waals surface area contributed by atoms with Gasteiger partial charge < -0.3 is 20.0 Å². The molecule has 0 spiro atoms. The molecule has 12 nitrogen and oxygen atoms in total. The third-order valence-electron chi connectivity index (χ3n) is 12.5. The lowest BCUT2D eigenvalue weighted by molar-refractivity contribution is -0.136. The van der Waals surface area contributed by atoms with E-state index in [0.717, 1.165) is 100 Å². The molecule has 1 unspecified atom stereocenters. The van der Waals surface area contributed by atoms with Crippen molar-refractivity contribution in [2.75, 3.05) is 38.5 Å². The highest BCUT2D eigenvalue weighted by Gasteiger charge is 2.40. The maximum atomic E-state index is 15.4. The molecule has 1 aromatic carbocycles.